The molecular weight excluding hydrogens is 520 g/mol. The van der Waals surface area contributed by atoms with E-state index in [1.807, 2.05) is 0 Å². The van der Waals surface area contributed by atoms with Gasteiger partial charge in [0.25, 0.3) is 0 Å². The molecule has 10 heterocycles. The fraction of sp³-hybridized carbons (Fsp3) is 0.333. The normalized spacial score (nSPS) is 61.1. The van der Waals surface area contributed by atoms with Gasteiger partial charge in [0, 0.05) is 0 Å². The van der Waals surface area contributed by atoms with E-state index in [0.29, 0.717) is 0 Å². The summed E-state index contributed by atoms with van der Waals surface area (Å²) in [6.07, 6.45) is 0. The zero-order chi connectivity index (χ0) is 25.4. The van der Waals surface area contributed by atoms with Crippen LogP contribution in [0.2, 0.25) is 47.2 Å². The molecule has 0 aliphatic carbocycles. The Hall–Kier alpha value is -2.68. The molecule has 0 bridgehead atoms. The molecule has 10 aliphatic rings. The molecule has 10 aliphatic heterocycles. The monoisotopic (exact) mass is 550 g/mol. The molecule has 8 atom stereocenters. The molecule has 0 amide bonds. The summed E-state index contributed by atoms with van der Waals surface area (Å²) in [5.41, 5.74) is 2.49. The zero-order valence-corrected chi connectivity index (χ0v) is 22.5. The maximum absolute atomic E-state index is 13.6. The van der Waals surface area contributed by atoms with Gasteiger partial charge in [0.2, 0.25) is 0 Å². The standard InChI is InChI=1S/2C18H15O.Fe/c2*19-18(17-13-7-8-14-17,15-9-3-1-4-10-15)16-11-5-2-6-12-16;/h2*1-14,19H;. The van der Waals surface area contributed by atoms with Crippen LogP contribution in [0, 0.1) is 0 Å². The van der Waals surface area contributed by atoms with Crippen molar-refractivity contribution in [3.05, 3.63) is 144 Å². The number of benzene rings is 4. The van der Waals surface area contributed by atoms with Crippen molar-refractivity contribution >= 4 is 0 Å². The Morgan fingerprint density at radius 2 is 0.641 bits per heavy atom. The number of hydrogen-bond donors (Lipinski definition) is 2. The van der Waals surface area contributed by atoms with E-state index in [4.69, 9.17) is 0 Å². The third kappa shape index (κ3) is 0.444. The van der Waals surface area contributed by atoms with Gasteiger partial charge in [-0.25, -0.2) is 0 Å². The van der Waals surface area contributed by atoms with Crippen molar-refractivity contribution in [3.8, 4) is 0 Å². The summed E-state index contributed by atoms with van der Waals surface area (Å²) in [5.74, 6) is 0. The fourth-order valence-corrected chi connectivity index (χ4v) is 100. The quantitative estimate of drug-likeness (QED) is 0.239. The van der Waals surface area contributed by atoms with Crippen molar-refractivity contribution in [1.29, 1.82) is 0 Å². The number of aliphatic hydroxyl groups is 2. The minimum absolute atomic E-state index is 0.0294. The molecule has 2 N–H and O–H groups in total. The Bertz CT molecular complexity index is 2010. The molecule has 39 heavy (non-hydrogen) atoms. The van der Waals surface area contributed by atoms with Crippen LogP contribution in [0.4, 0.5) is 0 Å². The van der Waals surface area contributed by atoms with Crippen molar-refractivity contribution in [2.45, 2.75) is 58.4 Å². The molecule has 4 aromatic carbocycles. The van der Waals surface area contributed by atoms with Crippen LogP contribution in [-0.2, 0) is 17.7 Å². The topological polar surface area (TPSA) is 40.5 Å². The maximum atomic E-state index is 13.6. The van der Waals surface area contributed by atoms with E-state index in [-0.39, 0.29) is 8.63 Å². The first-order chi connectivity index (χ1) is 18.9. The number of rotatable bonds is 6. The first-order valence-corrected chi connectivity index (χ1v) is 20.9. The fourth-order valence-electron chi connectivity index (χ4n) is 22.5. The number of fused-ring (bicyclic) bond motifs is 10. The minimum atomic E-state index is -4.57. The first-order valence-electron chi connectivity index (χ1n) is 14.7. The number of hydrogen-bond acceptors (Lipinski definition) is 2. The van der Waals surface area contributed by atoms with E-state index in [0.717, 1.165) is 60.8 Å². The third-order valence-corrected chi connectivity index (χ3v) is 63.6. The van der Waals surface area contributed by atoms with Crippen LogP contribution in [0.15, 0.2) is 121 Å². The van der Waals surface area contributed by atoms with Gasteiger partial charge >= 0.3 is 219 Å². The molecule has 10 saturated heterocycles. The van der Waals surface area contributed by atoms with Crippen LogP contribution in [0.25, 0.3) is 0 Å². The summed E-state index contributed by atoms with van der Waals surface area (Å²) in [7, 11) is 0. The Labute approximate surface area is 218 Å². The summed E-state index contributed by atoms with van der Waals surface area (Å²) in [4.78, 5) is 6.51. The van der Waals surface area contributed by atoms with Gasteiger partial charge < -0.3 is 0 Å². The molecule has 0 radical (unpaired) electrons. The van der Waals surface area contributed by atoms with Crippen LogP contribution >= 0.6 is 0 Å². The van der Waals surface area contributed by atoms with Gasteiger partial charge in [0.05, 0.1) is 0 Å². The molecule has 14 rings (SSSR count). The molecule has 0 saturated carbocycles. The summed E-state index contributed by atoms with van der Waals surface area (Å²) < 4.78 is 0.0588. The second-order valence-electron chi connectivity index (χ2n) is 16.7. The zero-order valence-electron chi connectivity index (χ0n) is 21.4. The molecule has 0 aromatic heterocycles. The van der Waals surface area contributed by atoms with E-state index < -0.39 is 17.7 Å². The summed E-state index contributed by atoms with van der Waals surface area (Å²) in [5, 5.41) is 27.3. The van der Waals surface area contributed by atoms with Crippen molar-refractivity contribution in [2.75, 3.05) is 0 Å². The summed E-state index contributed by atoms with van der Waals surface area (Å²) in [6, 6.07) is 42.9. The van der Waals surface area contributed by atoms with E-state index >= 15 is 0 Å². The van der Waals surface area contributed by atoms with Crippen molar-refractivity contribution < 1.29 is 16.7 Å². The molecule has 8 unspecified atom stereocenters. The van der Waals surface area contributed by atoms with E-state index in [1.54, 1.807) is 0 Å². The van der Waals surface area contributed by atoms with Crippen molar-refractivity contribution in [1.82, 2.24) is 0 Å². The van der Waals surface area contributed by atoms with Gasteiger partial charge in [0.15, 0.2) is 0 Å². The van der Waals surface area contributed by atoms with E-state index in [9.17, 15) is 10.2 Å². The Morgan fingerprint density at radius 3 is 0.846 bits per heavy atom. The Kier molecular flexibility index (Phi) is 1.33. The predicted octanol–water partition coefficient (Wildman–Crippen LogP) is 7.99. The van der Waals surface area contributed by atoms with Crippen LogP contribution in [-0.4, -0.2) is 10.2 Å². The van der Waals surface area contributed by atoms with Gasteiger partial charge in [-0.3, -0.25) is 0 Å². The third-order valence-electron chi connectivity index (χ3n) is 20.7. The molecule has 10 fully saturated rings. The second-order valence-corrected chi connectivity index (χ2v) is 39.9. The van der Waals surface area contributed by atoms with Gasteiger partial charge in [0.1, 0.15) is 0 Å². The Balaban J connectivity index is 1.15. The average Bonchev–Trinajstić information content (AvgIpc) is 3.96. The van der Waals surface area contributed by atoms with Gasteiger partial charge in [-0.05, 0) is 0 Å². The van der Waals surface area contributed by atoms with E-state index in [2.05, 4.69) is 121 Å². The van der Waals surface area contributed by atoms with Crippen LogP contribution in [0.1, 0.15) is 22.3 Å². The molecule has 2 nitrogen and oxygen atoms in total. The summed E-state index contributed by atoms with van der Waals surface area (Å²) >= 11 is 0. The predicted molar refractivity (Wildman–Crippen MR) is 147 cm³/mol. The molecule has 3 heteroatoms. The molecule has 1 spiro atoms. The molecular formula is C36H30FeO2. The van der Waals surface area contributed by atoms with Crippen LogP contribution in [0.3, 0.4) is 0 Å². The van der Waals surface area contributed by atoms with Gasteiger partial charge in [-0.2, -0.15) is 0 Å². The van der Waals surface area contributed by atoms with Crippen molar-refractivity contribution in [2.24, 2.45) is 0 Å². The average molecular weight is 550 g/mol. The second kappa shape index (κ2) is 2.78. The van der Waals surface area contributed by atoms with Crippen LogP contribution < -0.4 is 0 Å². The molecule has 4 aromatic rings. The first kappa shape index (κ1) is 18.6. The Morgan fingerprint density at radius 1 is 0.410 bits per heavy atom. The van der Waals surface area contributed by atoms with Crippen LogP contribution in [0.5, 0.6) is 0 Å². The SMILES string of the molecule is OC(c1ccccc1)(c1ccccc1)[C]12[CH]3[CH]4[CH]5[CH]1[Fe]45321678[CH]2[CH]1[CH]6[C]7(C(O)(c1ccccc1)c1ccccc1)[CH]28. The van der Waals surface area contributed by atoms with E-state index in [1.165, 1.54) is 0 Å². The van der Waals surface area contributed by atoms with Gasteiger partial charge in [-0.15, -0.1) is 0 Å². The molecule has 194 valence electrons. The van der Waals surface area contributed by atoms with Gasteiger partial charge in [-0.1, -0.05) is 0 Å². The van der Waals surface area contributed by atoms with Crippen molar-refractivity contribution in [3.63, 3.8) is 0 Å². The summed E-state index contributed by atoms with van der Waals surface area (Å²) in [6.45, 7) is -4.57.